The molecule has 0 aromatic rings. The van der Waals surface area contributed by atoms with E-state index in [9.17, 15) is 33.1 Å². The van der Waals surface area contributed by atoms with E-state index in [0.717, 1.165) is 83.5 Å². The van der Waals surface area contributed by atoms with Crippen molar-refractivity contribution in [2.75, 3.05) is 26.4 Å². The third-order valence-electron chi connectivity index (χ3n) is 12.1. The van der Waals surface area contributed by atoms with Crippen molar-refractivity contribution >= 4 is 16.4 Å². The quantitative estimate of drug-likeness (QED) is 0.0197. The lowest BCUT2D eigenvalue weighted by Gasteiger charge is -2.41. The summed E-state index contributed by atoms with van der Waals surface area (Å²) in [5.74, 6) is -0.409. The van der Waals surface area contributed by atoms with Crippen molar-refractivity contribution in [3.63, 3.8) is 0 Å². The van der Waals surface area contributed by atoms with Gasteiger partial charge in [0.1, 0.15) is 30.5 Å². The van der Waals surface area contributed by atoms with E-state index >= 15 is 0 Å². The molecular formula is C56H98O12S. The van der Waals surface area contributed by atoms with Gasteiger partial charge in [0.2, 0.25) is 0 Å². The SMILES string of the molecule is CC/C=C\C/C=C\C/C=C\C/C=C\CCCCCCCCCCCCCOCC(COC1OC(CO)C(O)C(OS(=O)(=O)O)C1O)OC(=O)CCCCCCCCC/C=C\C/C=C\CCCCCC. The molecule has 0 aromatic carbocycles. The molecule has 1 aliphatic heterocycles. The second-order valence-electron chi connectivity index (χ2n) is 18.4. The zero-order chi connectivity index (χ0) is 50.3. The highest BCUT2D eigenvalue weighted by atomic mass is 32.3. The first kappa shape index (κ1) is 64.6. The number of aliphatic hydroxyl groups excluding tert-OH is 3. The standard InChI is InChI=1S/C56H98O12S/c1-3-5-7-9-11-13-15-17-19-21-23-24-25-26-27-28-30-32-34-36-38-40-42-44-46-64-48-50(49-65-56-54(60)55(68-69(61,62)63)53(59)51(47-57)67-56)66-52(58)45-43-41-39-37-35-33-31-29-22-20-18-16-14-12-10-8-6-4-2/h5,7,11,13-14,16-17,19-20,22-24,50-51,53-57,59-60H,3-4,6,8-10,12,15,18,21,25-49H2,1-2H3,(H,61,62,63)/b7-5-,13-11-,16-14-,19-17-,22-20-,24-23-. The minimum absolute atomic E-state index is 0.0278. The molecule has 0 aliphatic carbocycles. The van der Waals surface area contributed by atoms with E-state index in [1.54, 1.807) is 0 Å². The molecule has 0 radical (unpaired) electrons. The summed E-state index contributed by atoms with van der Waals surface area (Å²) >= 11 is 0. The number of esters is 1. The van der Waals surface area contributed by atoms with Gasteiger partial charge in [0, 0.05) is 13.0 Å². The van der Waals surface area contributed by atoms with Crippen LogP contribution in [0.15, 0.2) is 72.9 Å². The Morgan fingerprint density at radius 2 is 1.00 bits per heavy atom. The van der Waals surface area contributed by atoms with Gasteiger partial charge in [0.15, 0.2) is 6.29 Å². The van der Waals surface area contributed by atoms with Gasteiger partial charge >= 0.3 is 16.4 Å². The second-order valence-corrected chi connectivity index (χ2v) is 19.5. The predicted molar refractivity (Wildman–Crippen MR) is 280 cm³/mol. The van der Waals surface area contributed by atoms with Crippen LogP contribution >= 0.6 is 0 Å². The maximum atomic E-state index is 12.9. The highest BCUT2D eigenvalue weighted by molar-refractivity contribution is 7.80. The lowest BCUT2D eigenvalue weighted by Crippen LogP contribution is -2.60. The summed E-state index contributed by atoms with van der Waals surface area (Å²) in [7, 11) is -5.07. The monoisotopic (exact) mass is 995 g/mol. The van der Waals surface area contributed by atoms with E-state index in [4.69, 9.17) is 18.9 Å². The van der Waals surface area contributed by atoms with E-state index in [-0.39, 0.29) is 19.6 Å². The summed E-state index contributed by atoms with van der Waals surface area (Å²) in [6, 6.07) is 0. The van der Waals surface area contributed by atoms with Gasteiger partial charge in [-0.15, -0.1) is 0 Å². The third-order valence-corrected chi connectivity index (χ3v) is 12.5. The summed E-state index contributed by atoms with van der Waals surface area (Å²) < 4.78 is 59.3. The molecule has 0 saturated carbocycles. The fraction of sp³-hybridized carbons (Fsp3) is 0.768. The maximum absolute atomic E-state index is 12.9. The molecule has 1 fully saturated rings. The Balaban J connectivity index is 2.33. The van der Waals surface area contributed by atoms with E-state index in [0.29, 0.717) is 13.0 Å². The average Bonchev–Trinajstić information content (AvgIpc) is 3.32. The fourth-order valence-corrected chi connectivity index (χ4v) is 8.50. The van der Waals surface area contributed by atoms with Crippen LogP contribution in [-0.2, 0) is 38.3 Å². The van der Waals surface area contributed by atoms with Crippen LogP contribution in [0.3, 0.4) is 0 Å². The summed E-state index contributed by atoms with van der Waals surface area (Å²) in [6.07, 6.45) is 52.1. The molecule has 0 bridgehead atoms. The van der Waals surface area contributed by atoms with Crippen molar-refractivity contribution in [3.05, 3.63) is 72.9 Å². The van der Waals surface area contributed by atoms with E-state index in [1.165, 1.54) is 103 Å². The lowest BCUT2D eigenvalue weighted by molar-refractivity contribution is -0.301. The van der Waals surface area contributed by atoms with Gasteiger partial charge in [-0.2, -0.15) is 8.42 Å². The van der Waals surface area contributed by atoms with Crippen LogP contribution in [-0.4, -0.2) is 97.5 Å². The van der Waals surface area contributed by atoms with Gasteiger partial charge in [0.25, 0.3) is 0 Å². The van der Waals surface area contributed by atoms with Gasteiger partial charge in [-0.3, -0.25) is 9.35 Å². The van der Waals surface area contributed by atoms with Crippen LogP contribution in [0.25, 0.3) is 0 Å². The third kappa shape index (κ3) is 39.8. The fourth-order valence-electron chi connectivity index (χ4n) is 7.99. The highest BCUT2D eigenvalue weighted by Crippen LogP contribution is 2.26. The van der Waals surface area contributed by atoms with Crippen LogP contribution in [0.5, 0.6) is 0 Å². The number of hydrogen-bond donors (Lipinski definition) is 4. The minimum atomic E-state index is -5.07. The molecule has 0 aromatic heterocycles. The van der Waals surface area contributed by atoms with Gasteiger partial charge in [0.05, 0.1) is 19.8 Å². The number of unbranched alkanes of at least 4 members (excludes halogenated alkanes) is 22. The molecule has 13 heteroatoms. The van der Waals surface area contributed by atoms with Gasteiger partial charge in [-0.05, 0) is 83.5 Å². The first-order valence-electron chi connectivity index (χ1n) is 27.2. The topological polar surface area (TPSA) is 178 Å². The smallest absolute Gasteiger partial charge is 0.397 e. The number of hydrogen-bond acceptors (Lipinski definition) is 11. The van der Waals surface area contributed by atoms with Crippen LogP contribution in [0.4, 0.5) is 0 Å². The van der Waals surface area contributed by atoms with Crippen molar-refractivity contribution in [2.45, 2.75) is 250 Å². The largest absolute Gasteiger partial charge is 0.457 e. The average molecular weight is 995 g/mol. The highest BCUT2D eigenvalue weighted by Gasteiger charge is 2.48. The molecule has 0 amide bonds. The number of carbonyl (C=O) groups excluding carboxylic acids is 1. The van der Waals surface area contributed by atoms with E-state index in [2.05, 4.69) is 90.9 Å². The second kappa shape index (κ2) is 46.6. The lowest BCUT2D eigenvalue weighted by atomic mass is 9.99. The van der Waals surface area contributed by atoms with Crippen LogP contribution in [0.1, 0.15) is 213 Å². The van der Waals surface area contributed by atoms with Crippen molar-refractivity contribution in [1.29, 1.82) is 0 Å². The molecule has 69 heavy (non-hydrogen) atoms. The minimum Gasteiger partial charge on any atom is -0.457 e. The molecule has 6 unspecified atom stereocenters. The Labute approximate surface area is 420 Å². The van der Waals surface area contributed by atoms with Gasteiger partial charge in [-0.25, -0.2) is 4.18 Å². The Morgan fingerprint density at radius 3 is 1.46 bits per heavy atom. The van der Waals surface area contributed by atoms with Crippen molar-refractivity contribution in [3.8, 4) is 0 Å². The number of carbonyl (C=O) groups is 1. The van der Waals surface area contributed by atoms with Crippen LogP contribution < -0.4 is 0 Å². The van der Waals surface area contributed by atoms with Gasteiger partial charge in [-0.1, -0.05) is 196 Å². The molecule has 6 atom stereocenters. The number of ether oxygens (including phenoxy) is 4. The first-order chi connectivity index (χ1) is 33.6. The predicted octanol–water partition coefficient (Wildman–Crippen LogP) is 13.0. The number of allylic oxidation sites excluding steroid dienone is 12. The Morgan fingerprint density at radius 1 is 0.565 bits per heavy atom. The normalized spacial score (nSPS) is 19.8. The van der Waals surface area contributed by atoms with Crippen molar-refractivity contribution in [2.24, 2.45) is 0 Å². The molecule has 1 aliphatic rings. The molecule has 1 saturated heterocycles. The maximum Gasteiger partial charge on any atom is 0.397 e. The summed E-state index contributed by atoms with van der Waals surface area (Å²) in [6.45, 7) is 3.86. The molecular weight excluding hydrogens is 897 g/mol. The first-order valence-corrected chi connectivity index (χ1v) is 28.6. The molecule has 400 valence electrons. The summed E-state index contributed by atoms with van der Waals surface area (Å²) in [5, 5.41) is 30.8. The number of aliphatic hydroxyl groups is 3. The van der Waals surface area contributed by atoms with Crippen molar-refractivity contribution in [1.82, 2.24) is 0 Å². The Kier molecular flexibility index (Phi) is 43.6. The van der Waals surface area contributed by atoms with Crippen molar-refractivity contribution < 1.29 is 56.2 Å². The zero-order valence-corrected chi connectivity index (χ0v) is 43.9. The van der Waals surface area contributed by atoms with E-state index < -0.39 is 59.8 Å². The zero-order valence-electron chi connectivity index (χ0n) is 43.1. The van der Waals surface area contributed by atoms with Crippen LogP contribution in [0.2, 0.25) is 0 Å². The molecule has 12 nitrogen and oxygen atoms in total. The van der Waals surface area contributed by atoms with E-state index in [1.807, 2.05) is 0 Å². The van der Waals surface area contributed by atoms with Crippen LogP contribution in [0, 0.1) is 0 Å². The van der Waals surface area contributed by atoms with Gasteiger partial charge < -0.3 is 34.3 Å². The molecule has 0 spiro atoms. The molecule has 1 rings (SSSR count). The summed E-state index contributed by atoms with van der Waals surface area (Å²) in [4.78, 5) is 12.9. The number of rotatable bonds is 47. The molecule has 1 heterocycles. The Hall–Kier alpha value is -2.46. The molecule has 4 N–H and O–H groups in total. The Bertz CT molecular complexity index is 1470. The summed E-state index contributed by atoms with van der Waals surface area (Å²) in [5.41, 5.74) is 0.